The fourth-order valence-electron chi connectivity index (χ4n) is 2.57. The van der Waals surface area contributed by atoms with Crippen molar-refractivity contribution in [2.75, 3.05) is 0 Å². The third-order valence-corrected chi connectivity index (χ3v) is 3.47. The summed E-state index contributed by atoms with van der Waals surface area (Å²) < 4.78 is 1.81. The first kappa shape index (κ1) is 10.4. The molecule has 88 valence electrons. The van der Waals surface area contributed by atoms with E-state index in [0.29, 0.717) is 12.3 Å². The molecule has 0 spiro atoms. The molecule has 1 aliphatic rings. The molecular weight excluding hydrogens is 214 g/mol. The maximum Gasteiger partial charge on any atom is 0.155 e. The van der Waals surface area contributed by atoms with Crippen molar-refractivity contribution in [2.45, 2.75) is 38.0 Å². The van der Waals surface area contributed by atoms with Crippen LogP contribution in [-0.2, 0) is 11.2 Å². The van der Waals surface area contributed by atoms with Crippen LogP contribution < -0.4 is 0 Å². The predicted molar refractivity (Wildman–Crippen MR) is 64.0 cm³/mol. The maximum atomic E-state index is 10.6. The zero-order chi connectivity index (χ0) is 11.7. The van der Waals surface area contributed by atoms with Gasteiger partial charge in [0.1, 0.15) is 6.29 Å². The average molecular weight is 229 g/mol. The lowest BCUT2D eigenvalue weighted by Crippen LogP contribution is -2.00. The van der Waals surface area contributed by atoms with Gasteiger partial charge in [-0.2, -0.15) is 5.10 Å². The molecule has 3 rings (SSSR count). The van der Waals surface area contributed by atoms with Crippen LogP contribution in [0.25, 0.3) is 5.65 Å². The molecule has 1 fully saturated rings. The summed E-state index contributed by atoms with van der Waals surface area (Å²) in [4.78, 5) is 15.2. The Morgan fingerprint density at radius 3 is 2.94 bits per heavy atom. The Kier molecular flexibility index (Phi) is 2.63. The zero-order valence-corrected chi connectivity index (χ0v) is 9.67. The van der Waals surface area contributed by atoms with E-state index in [4.69, 9.17) is 0 Å². The molecule has 2 aromatic heterocycles. The van der Waals surface area contributed by atoms with Gasteiger partial charge in [-0.25, -0.2) is 9.50 Å². The summed E-state index contributed by atoms with van der Waals surface area (Å²) in [7, 11) is 0. The highest BCUT2D eigenvalue weighted by Gasteiger charge is 2.21. The van der Waals surface area contributed by atoms with Gasteiger partial charge in [-0.3, -0.25) is 0 Å². The van der Waals surface area contributed by atoms with E-state index in [9.17, 15) is 4.79 Å². The number of fused-ring (bicyclic) bond motifs is 1. The second-order valence-corrected chi connectivity index (χ2v) is 4.61. The SMILES string of the molecule is O=CCc1cccc2nc(C3CCCC3)nn12. The second-order valence-electron chi connectivity index (χ2n) is 4.61. The number of hydrogen-bond donors (Lipinski definition) is 0. The first-order valence-electron chi connectivity index (χ1n) is 6.16. The van der Waals surface area contributed by atoms with Gasteiger partial charge in [0.25, 0.3) is 0 Å². The summed E-state index contributed by atoms with van der Waals surface area (Å²) in [6.07, 6.45) is 6.25. The first-order valence-corrected chi connectivity index (χ1v) is 6.16. The van der Waals surface area contributed by atoms with Crippen molar-refractivity contribution >= 4 is 11.9 Å². The van der Waals surface area contributed by atoms with Crippen molar-refractivity contribution in [2.24, 2.45) is 0 Å². The lowest BCUT2D eigenvalue weighted by molar-refractivity contribution is -0.107. The molecule has 4 nitrogen and oxygen atoms in total. The quantitative estimate of drug-likeness (QED) is 0.757. The van der Waals surface area contributed by atoms with Crippen molar-refractivity contribution in [1.29, 1.82) is 0 Å². The number of carbonyl (C=O) groups excluding carboxylic acids is 1. The van der Waals surface area contributed by atoms with Crippen LogP contribution >= 0.6 is 0 Å². The van der Waals surface area contributed by atoms with Crippen molar-refractivity contribution in [3.05, 3.63) is 29.7 Å². The molecule has 2 heterocycles. The minimum Gasteiger partial charge on any atom is -0.303 e. The molecule has 0 amide bonds. The Bertz CT molecular complexity index is 541. The van der Waals surface area contributed by atoms with Gasteiger partial charge in [0.2, 0.25) is 0 Å². The van der Waals surface area contributed by atoms with Crippen LogP contribution in [0, 0.1) is 0 Å². The summed E-state index contributed by atoms with van der Waals surface area (Å²) in [5.74, 6) is 1.46. The highest BCUT2D eigenvalue weighted by Crippen LogP contribution is 2.32. The number of aromatic nitrogens is 3. The third-order valence-electron chi connectivity index (χ3n) is 3.47. The van der Waals surface area contributed by atoms with Gasteiger partial charge in [0.05, 0.1) is 5.69 Å². The molecule has 0 N–H and O–H groups in total. The lowest BCUT2D eigenvalue weighted by Gasteiger charge is -2.01. The highest BCUT2D eigenvalue weighted by atomic mass is 16.1. The number of hydrogen-bond acceptors (Lipinski definition) is 3. The Labute approximate surface area is 99.7 Å². The molecule has 17 heavy (non-hydrogen) atoms. The molecule has 1 aliphatic carbocycles. The summed E-state index contributed by atoms with van der Waals surface area (Å²) in [5.41, 5.74) is 1.76. The summed E-state index contributed by atoms with van der Waals surface area (Å²) in [5, 5.41) is 4.56. The molecule has 2 aromatic rings. The number of nitrogens with zero attached hydrogens (tertiary/aromatic N) is 3. The summed E-state index contributed by atoms with van der Waals surface area (Å²) in [6, 6.07) is 5.80. The Morgan fingerprint density at radius 1 is 1.35 bits per heavy atom. The third kappa shape index (κ3) is 1.84. The molecule has 0 saturated heterocycles. The van der Waals surface area contributed by atoms with Crippen LogP contribution in [-0.4, -0.2) is 20.9 Å². The highest BCUT2D eigenvalue weighted by molar-refractivity contribution is 5.55. The van der Waals surface area contributed by atoms with Gasteiger partial charge in [-0.15, -0.1) is 0 Å². The minimum atomic E-state index is 0.394. The average Bonchev–Trinajstić information content (AvgIpc) is 2.98. The van der Waals surface area contributed by atoms with E-state index >= 15 is 0 Å². The summed E-state index contributed by atoms with van der Waals surface area (Å²) >= 11 is 0. The van der Waals surface area contributed by atoms with Crippen LogP contribution in [0.15, 0.2) is 18.2 Å². The fourth-order valence-corrected chi connectivity index (χ4v) is 2.57. The fraction of sp³-hybridized carbons (Fsp3) is 0.462. The van der Waals surface area contributed by atoms with Crippen molar-refractivity contribution in [3.63, 3.8) is 0 Å². The van der Waals surface area contributed by atoms with Crippen LogP contribution in [0.1, 0.15) is 43.1 Å². The first-order chi connectivity index (χ1) is 8.38. The molecule has 0 aliphatic heterocycles. The standard InChI is InChI=1S/C13H15N3O/c17-9-8-11-6-3-7-12-14-13(15-16(11)12)10-4-1-2-5-10/h3,6-7,9-10H,1-2,4-5,8H2. The van der Waals surface area contributed by atoms with Crippen molar-refractivity contribution < 1.29 is 4.79 Å². The maximum absolute atomic E-state index is 10.6. The number of aldehydes is 1. The van der Waals surface area contributed by atoms with E-state index in [2.05, 4.69) is 10.1 Å². The zero-order valence-electron chi connectivity index (χ0n) is 9.67. The van der Waals surface area contributed by atoms with Gasteiger partial charge in [0.15, 0.2) is 11.5 Å². The molecule has 0 aromatic carbocycles. The van der Waals surface area contributed by atoms with E-state index < -0.39 is 0 Å². The largest absolute Gasteiger partial charge is 0.303 e. The normalized spacial score (nSPS) is 16.7. The monoisotopic (exact) mass is 229 g/mol. The van der Waals surface area contributed by atoms with Gasteiger partial charge in [-0.05, 0) is 25.0 Å². The van der Waals surface area contributed by atoms with E-state index in [0.717, 1.165) is 23.5 Å². The van der Waals surface area contributed by atoms with Crippen LogP contribution in [0.4, 0.5) is 0 Å². The van der Waals surface area contributed by atoms with Crippen LogP contribution in [0.2, 0.25) is 0 Å². The molecule has 4 heteroatoms. The van der Waals surface area contributed by atoms with E-state index in [-0.39, 0.29) is 0 Å². The Hall–Kier alpha value is -1.71. The van der Waals surface area contributed by atoms with Gasteiger partial charge in [-0.1, -0.05) is 18.9 Å². The molecule has 0 unspecified atom stereocenters. The molecule has 0 atom stereocenters. The topological polar surface area (TPSA) is 47.3 Å². The van der Waals surface area contributed by atoms with Crippen molar-refractivity contribution in [3.8, 4) is 0 Å². The number of carbonyl (C=O) groups is 1. The Balaban J connectivity index is 2.05. The predicted octanol–water partition coefficient (Wildman–Crippen LogP) is 2.13. The molecule has 0 bridgehead atoms. The van der Waals surface area contributed by atoms with Gasteiger partial charge >= 0.3 is 0 Å². The minimum absolute atomic E-state index is 0.394. The second kappa shape index (κ2) is 4.28. The summed E-state index contributed by atoms with van der Waals surface area (Å²) in [6.45, 7) is 0. The van der Waals surface area contributed by atoms with E-state index in [1.165, 1.54) is 25.7 Å². The molecule has 0 radical (unpaired) electrons. The van der Waals surface area contributed by atoms with E-state index in [1.807, 2.05) is 22.7 Å². The van der Waals surface area contributed by atoms with Crippen molar-refractivity contribution in [1.82, 2.24) is 14.6 Å². The number of pyridine rings is 1. The smallest absolute Gasteiger partial charge is 0.155 e. The Morgan fingerprint density at radius 2 is 2.18 bits per heavy atom. The van der Waals surface area contributed by atoms with Gasteiger partial charge in [0, 0.05) is 12.3 Å². The molecule has 1 saturated carbocycles. The lowest BCUT2D eigenvalue weighted by atomic mass is 10.1. The van der Waals surface area contributed by atoms with Crippen LogP contribution in [0.5, 0.6) is 0 Å². The number of rotatable bonds is 3. The van der Waals surface area contributed by atoms with E-state index in [1.54, 1.807) is 0 Å². The van der Waals surface area contributed by atoms with Gasteiger partial charge < -0.3 is 4.79 Å². The molecular formula is C13H15N3O. The van der Waals surface area contributed by atoms with Crippen LogP contribution in [0.3, 0.4) is 0 Å².